The van der Waals surface area contributed by atoms with E-state index in [9.17, 15) is 4.79 Å². The molecular weight excluding hydrogens is 488 g/mol. The lowest BCUT2D eigenvalue weighted by Crippen LogP contribution is -2.36. The van der Waals surface area contributed by atoms with Crippen LogP contribution in [0, 0.1) is 6.92 Å². The van der Waals surface area contributed by atoms with Crippen molar-refractivity contribution in [1.29, 1.82) is 0 Å². The Bertz CT molecular complexity index is 1100. The molecule has 0 amide bonds. The van der Waals surface area contributed by atoms with Crippen LogP contribution in [0.5, 0.6) is 0 Å². The number of aryl methyl sites for hydroxylation is 1. The third-order valence-electron chi connectivity index (χ3n) is 5.17. The number of hydrogen-bond donors (Lipinski definition) is 0. The molecule has 2 heterocycles. The highest BCUT2D eigenvalue weighted by atomic mass is 79.9. The molecule has 2 aliphatic heterocycles. The smallest absolute Gasteiger partial charge is 0.338 e. The predicted octanol–water partition coefficient (Wildman–Crippen LogP) is 5.91. The van der Waals surface area contributed by atoms with Crippen LogP contribution in [0.25, 0.3) is 6.08 Å². The van der Waals surface area contributed by atoms with E-state index in [1.165, 1.54) is 10.5 Å². The maximum atomic E-state index is 12.8. The molecule has 2 aliphatic rings. The summed E-state index contributed by atoms with van der Waals surface area (Å²) in [5, 5.41) is 0.923. The molecule has 0 spiro atoms. The first-order valence-electron chi connectivity index (χ1n) is 10.2. The van der Waals surface area contributed by atoms with Crippen LogP contribution in [-0.4, -0.2) is 36.0 Å². The Hall–Kier alpha value is -2.64. The Balaban J connectivity index is 0.00000141. The third kappa shape index (κ3) is 5.05. The summed E-state index contributed by atoms with van der Waals surface area (Å²) < 4.78 is 6.48. The van der Waals surface area contributed by atoms with E-state index in [4.69, 9.17) is 14.5 Å². The highest BCUT2D eigenvalue weighted by Gasteiger charge is 2.40. The molecular formula is C25H25BrN2O3S. The lowest BCUT2D eigenvalue weighted by molar-refractivity contribution is -0.139. The SMILES string of the molecule is C=O.CCOC(=O)C1=C(C)N=C2S/C(=C\c3ccc(C)c(Br)c3)CN2C1c1ccccc1. The number of ether oxygens (including phenoxy) is 1. The first-order valence-corrected chi connectivity index (χ1v) is 11.8. The molecule has 1 unspecified atom stereocenters. The maximum absolute atomic E-state index is 12.8. The molecule has 7 heteroatoms. The zero-order valence-electron chi connectivity index (χ0n) is 18.3. The second kappa shape index (κ2) is 10.8. The van der Waals surface area contributed by atoms with Gasteiger partial charge in [-0.25, -0.2) is 9.79 Å². The van der Waals surface area contributed by atoms with Crippen LogP contribution in [0.1, 0.15) is 36.6 Å². The molecule has 5 nitrogen and oxygen atoms in total. The maximum Gasteiger partial charge on any atom is 0.338 e. The number of hydrogen-bond acceptors (Lipinski definition) is 6. The highest BCUT2D eigenvalue weighted by molar-refractivity contribution is 9.10. The molecule has 1 fully saturated rings. The van der Waals surface area contributed by atoms with Gasteiger partial charge in [-0.1, -0.05) is 70.2 Å². The van der Waals surface area contributed by atoms with Crippen molar-refractivity contribution in [3.63, 3.8) is 0 Å². The largest absolute Gasteiger partial charge is 0.463 e. The molecule has 0 radical (unpaired) electrons. The quantitative estimate of drug-likeness (QED) is 0.476. The molecule has 2 aromatic carbocycles. The Kier molecular flexibility index (Phi) is 8.10. The van der Waals surface area contributed by atoms with Gasteiger partial charge in [0.2, 0.25) is 0 Å². The van der Waals surface area contributed by atoms with Gasteiger partial charge in [0.1, 0.15) is 6.79 Å². The van der Waals surface area contributed by atoms with Crippen molar-refractivity contribution < 1.29 is 14.3 Å². The fraction of sp³-hybridized carbons (Fsp3) is 0.240. The number of aliphatic imine (C=N–C) groups is 1. The molecule has 0 bridgehead atoms. The molecule has 4 rings (SSSR count). The van der Waals surface area contributed by atoms with E-state index < -0.39 is 0 Å². The summed E-state index contributed by atoms with van der Waals surface area (Å²) in [6.45, 7) is 8.84. The molecule has 2 aromatic rings. The standard InChI is InChI=1S/C24H23BrN2O2S.CH2O/c1-4-29-23(28)21-16(3)26-24-27(22(21)18-8-6-5-7-9-18)14-19(30-24)12-17-11-10-15(2)20(25)13-17;1-2/h5-13,22H,4,14H2,1-3H3;1H2/b19-12-;. The summed E-state index contributed by atoms with van der Waals surface area (Å²) in [5.74, 6) is -0.295. The average molecular weight is 513 g/mol. The average Bonchev–Trinajstić information content (AvgIpc) is 3.19. The number of esters is 1. The second-order valence-corrected chi connectivity index (χ2v) is 9.22. The van der Waals surface area contributed by atoms with Crippen molar-refractivity contribution in [3.8, 4) is 0 Å². The van der Waals surface area contributed by atoms with Gasteiger partial charge < -0.3 is 14.4 Å². The number of fused-ring (bicyclic) bond motifs is 1. The van der Waals surface area contributed by atoms with Crippen LogP contribution < -0.4 is 0 Å². The van der Waals surface area contributed by atoms with E-state index in [1.807, 2.05) is 38.8 Å². The van der Waals surface area contributed by atoms with Gasteiger partial charge in [0.05, 0.1) is 30.5 Å². The summed E-state index contributed by atoms with van der Waals surface area (Å²) in [5.41, 5.74) is 4.75. The second-order valence-electron chi connectivity index (χ2n) is 7.28. The number of rotatable bonds is 4. The van der Waals surface area contributed by atoms with E-state index in [1.54, 1.807) is 11.8 Å². The Morgan fingerprint density at radius 3 is 2.62 bits per heavy atom. The first-order chi connectivity index (χ1) is 15.5. The number of benzene rings is 2. The summed E-state index contributed by atoms with van der Waals surface area (Å²) in [4.78, 5) is 29.0. The van der Waals surface area contributed by atoms with Crippen LogP contribution in [0.15, 0.2) is 74.2 Å². The topological polar surface area (TPSA) is 59.0 Å². The summed E-state index contributed by atoms with van der Waals surface area (Å²) in [7, 11) is 0. The number of thioether (sulfide) groups is 1. The van der Waals surface area contributed by atoms with Crippen LogP contribution in [0.3, 0.4) is 0 Å². The normalized spacial score (nSPS) is 18.6. The van der Waals surface area contributed by atoms with Gasteiger partial charge in [-0.2, -0.15) is 0 Å². The van der Waals surface area contributed by atoms with Gasteiger partial charge in [-0.15, -0.1) is 0 Å². The van der Waals surface area contributed by atoms with Gasteiger partial charge in [0.25, 0.3) is 0 Å². The molecule has 1 saturated heterocycles. The number of allylic oxidation sites excluding steroid dienone is 1. The van der Waals surface area contributed by atoms with Gasteiger partial charge >= 0.3 is 5.97 Å². The Labute approximate surface area is 201 Å². The molecule has 0 aliphatic carbocycles. The van der Waals surface area contributed by atoms with E-state index in [-0.39, 0.29) is 12.0 Å². The molecule has 166 valence electrons. The third-order valence-corrected chi connectivity index (χ3v) is 7.04. The molecule has 0 N–H and O–H groups in total. The number of carbonyl (C=O) groups excluding carboxylic acids is 2. The van der Waals surface area contributed by atoms with E-state index >= 15 is 0 Å². The number of carbonyl (C=O) groups is 2. The molecule has 32 heavy (non-hydrogen) atoms. The minimum Gasteiger partial charge on any atom is -0.463 e. The van der Waals surface area contributed by atoms with Gasteiger partial charge in [-0.3, -0.25) is 0 Å². The first kappa shape index (κ1) is 24.0. The van der Waals surface area contributed by atoms with Crippen molar-refractivity contribution in [1.82, 2.24) is 4.90 Å². The predicted molar refractivity (Wildman–Crippen MR) is 134 cm³/mol. The molecule has 1 atom stereocenters. The van der Waals surface area contributed by atoms with Crippen molar-refractivity contribution in [3.05, 3.63) is 85.9 Å². The van der Waals surface area contributed by atoms with Crippen molar-refractivity contribution >= 4 is 51.7 Å². The number of halogens is 1. The van der Waals surface area contributed by atoms with Gasteiger partial charge in [0, 0.05) is 9.38 Å². The Morgan fingerprint density at radius 2 is 1.97 bits per heavy atom. The van der Waals surface area contributed by atoms with Crippen molar-refractivity contribution in [2.45, 2.75) is 26.8 Å². The number of nitrogens with zero attached hydrogens (tertiary/aromatic N) is 2. The van der Waals surface area contributed by atoms with Crippen LogP contribution >= 0.6 is 27.7 Å². The zero-order valence-corrected chi connectivity index (χ0v) is 20.7. The van der Waals surface area contributed by atoms with E-state index in [0.29, 0.717) is 18.7 Å². The Morgan fingerprint density at radius 1 is 1.25 bits per heavy atom. The highest BCUT2D eigenvalue weighted by Crippen LogP contribution is 2.44. The number of amidine groups is 1. The minimum atomic E-state index is -0.295. The van der Waals surface area contributed by atoms with Gasteiger partial charge in [0.15, 0.2) is 5.17 Å². The fourth-order valence-electron chi connectivity index (χ4n) is 3.70. The lowest BCUT2D eigenvalue weighted by atomic mass is 9.94. The van der Waals surface area contributed by atoms with Crippen molar-refractivity contribution in [2.24, 2.45) is 4.99 Å². The van der Waals surface area contributed by atoms with Crippen LogP contribution in [-0.2, 0) is 14.3 Å². The monoisotopic (exact) mass is 512 g/mol. The lowest BCUT2D eigenvalue weighted by Gasteiger charge is -2.34. The van der Waals surface area contributed by atoms with E-state index in [2.05, 4.69) is 64.2 Å². The molecule has 0 aromatic heterocycles. The van der Waals surface area contributed by atoms with E-state index in [0.717, 1.165) is 26.5 Å². The summed E-state index contributed by atoms with van der Waals surface area (Å²) >= 11 is 5.28. The van der Waals surface area contributed by atoms with Crippen LogP contribution in [0.4, 0.5) is 0 Å². The summed E-state index contributed by atoms with van der Waals surface area (Å²) in [6, 6.07) is 16.3. The van der Waals surface area contributed by atoms with Gasteiger partial charge in [-0.05, 0) is 49.6 Å². The fourth-order valence-corrected chi connectivity index (χ4v) is 5.20. The zero-order chi connectivity index (χ0) is 23.3. The summed E-state index contributed by atoms with van der Waals surface area (Å²) in [6.07, 6.45) is 2.19. The van der Waals surface area contributed by atoms with Crippen molar-refractivity contribution in [2.75, 3.05) is 13.2 Å². The van der Waals surface area contributed by atoms with Crippen LogP contribution in [0.2, 0.25) is 0 Å². The molecule has 0 saturated carbocycles. The minimum absolute atomic E-state index is 0.207.